The lowest BCUT2D eigenvalue weighted by molar-refractivity contribution is 1.00. The molecule has 0 fully saturated rings. The first-order chi connectivity index (χ1) is 33.5. The molecule has 0 unspecified atom stereocenters. The molecule has 1 aliphatic carbocycles. The topological polar surface area (TPSA) is 99.7 Å². The summed E-state index contributed by atoms with van der Waals surface area (Å²) >= 11 is 0. The minimum atomic E-state index is 0.406. The van der Waals surface area contributed by atoms with Gasteiger partial charge in [-0.3, -0.25) is 0 Å². The molecule has 0 atom stereocenters. The predicted octanol–water partition coefficient (Wildman–Crippen LogP) is 17.7. The molecule has 0 amide bonds. The molecule has 7 aromatic rings. The molecule has 1 aliphatic rings. The normalized spacial score (nSPS) is 11.1. The van der Waals surface area contributed by atoms with Gasteiger partial charge in [0.2, 0.25) is 0 Å². The van der Waals surface area contributed by atoms with Crippen molar-refractivity contribution in [3.63, 3.8) is 0 Å². The number of aryl methyl sites for hydroxylation is 5. The van der Waals surface area contributed by atoms with Gasteiger partial charge in [-0.2, -0.15) is 0 Å². The highest BCUT2D eigenvalue weighted by atomic mass is 14.6. The van der Waals surface area contributed by atoms with Gasteiger partial charge in [-0.1, -0.05) is 246 Å². The van der Waals surface area contributed by atoms with E-state index in [1.54, 1.807) is 12.2 Å². The molecular formula is C65H78N4. The molecule has 0 heterocycles. The van der Waals surface area contributed by atoms with Crippen LogP contribution in [0, 0.1) is 45.4 Å². The largest absolute Gasteiger partial charge is 0.398 e. The molecule has 0 saturated carbocycles. The summed E-state index contributed by atoms with van der Waals surface area (Å²) in [5.41, 5.74) is 29.5. The van der Waals surface area contributed by atoms with Crippen LogP contribution in [0.5, 0.6) is 0 Å². The molecule has 8 rings (SSSR count). The number of nitrogens with two attached hydrogens (primary N) is 2. The molecule has 0 spiro atoms. The van der Waals surface area contributed by atoms with E-state index in [1.165, 1.54) is 44.5 Å². The van der Waals surface area contributed by atoms with E-state index in [0.717, 1.165) is 40.7 Å². The van der Waals surface area contributed by atoms with Gasteiger partial charge >= 0.3 is 0 Å². The zero-order valence-electron chi connectivity index (χ0n) is 43.3. The molecule has 0 aliphatic heterocycles. The van der Waals surface area contributed by atoms with E-state index in [2.05, 4.69) is 113 Å². The molecule has 69 heavy (non-hydrogen) atoms. The number of allylic oxidation sites excluding steroid dienone is 6. The third kappa shape index (κ3) is 20.5. The molecule has 358 valence electrons. The molecule has 0 saturated heterocycles. The maximum absolute atomic E-state index is 8.27. The van der Waals surface area contributed by atoms with Crippen LogP contribution < -0.4 is 11.5 Å². The maximum Gasteiger partial charge on any atom is 0.0632 e. The molecule has 4 heteroatoms. The van der Waals surface area contributed by atoms with Gasteiger partial charge < -0.3 is 22.3 Å². The van der Waals surface area contributed by atoms with E-state index in [9.17, 15) is 0 Å². The van der Waals surface area contributed by atoms with Crippen molar-refractivity contribution < 1.29 is 0 Å². The highest BCUT2D eigenvalue weighted by molar-refractivity contribution is 6.10. The van der Waals surface area contributed by atoms with Crippen LogP contribution in [-0.2, 0) is 0 Å². The minimum absolute atomic E-state index is 0.406. The quantitative estimate of drug-likeness (QED) is 0.114. The van der Waals surface area contributed by atoms with E-state index in [4.69, 9.17) is 22.3 Å². The Morgan fingerprint density at radius 1 is 0.420 bits per heavy atom. The lowest BCUT2D eigenvalue weighted by atomic mass is 9.92. The third-order valence-corrected chi connectivity index (χ3v) is 10.5. The fourth-order valence-electron chi connectivity index (χ4n) is 6.81. The SMILES string of the molecule is CC.CC.CC.Cc1cccc(/C(N)=C/C(=N)C2=CC=CCC2)c1.Cc1ccccc1.Cc1ccccc1.Cc1ccccc1-c1cc(-c2ccc(/C(N)=C/C(=N)c3ccccc3)cc2)ccc1C. The van der Waals surface area contributed by atoms with Gasteiger partial charge in [-0.15, -0.1) is 0 Å². The standard InChI is InChI=1S/C29H26N2.C16H18N2.2C7H8.3C2H6/c1-20-8-6-7-11-26(20)27-18-25(13-12-21(27)2)22-14-16-24(17-15-22)29(31)19-28(30)23-9-4-3-5-10-23;1-12-6-5-9-14(10-12)16(18)11-15(17)13-7-3-2-4-8-13;2*1-7-5-3-2-4-6-7;3*1-2/h3-19,30H,31H2,1-2H3;2-3,5-7,9-11,17H,4,8,18H2,1H3;2*2-6H,1H3;3*1-2H3/b29-19-,30-28?;16-11-,17-15?;;;;;. The summed E-state index contributed by atoms with van der Waals surface area (Å²) in [5.74, 6) is 0. The minimum Gasteiger partial charge on any atom is -0.398 e. The second-order valence-electron chi connectivity index (χ2n) is 15.7. The summed E-state index contributed by atoms with van der Waals surface area (Å²) in [6.07, 6.45) is 11.5. The first-order valence-electron chi connectivity index (χ1n) is 24.4. The Bertz CT molecular complexity index is 2650. The van der Waals surface area contributed by atoms with Crippen molar-refractivity contribution >= 4 is 22.8 Å². The van der Waals surface area contributed by atoms with E-state index >= 15 is 0 Å². The van der Waals surface area contributed by atoms with Crippen LogP contribution in [0.1, 0.15) is 98.9 Å². The van der Waals surface area contributed by atoms with Crippen molar-refractivity contribution in [2.75, 3.05) is 0 Å². The van der Waals surface area contributed by atoms with Crippen molar-refractivity contribution in [3.05, 3.63) is 262 Å². The Hall–Kier alpha value is -7.56. The fourth-order valence-corrected chi connectivity index (χ4v) is 6.81. The average Bonchev–Trinajstić information content (AvgIpc) is 3.40. The molecule has 7 aromatic carbocycles. The van der Waals surface area contributed by atoms with Crippen molar-refractivity contribution in [3.8, 4) is 22.3 Å². The van der Waals surface area contributed by atoms with Crippen LogP contribution in [0.15, 0.2) is 218 Å². The zero-order valence-corrected chi connectivity index (χ0v) is 43.3. The van der Waals surface area contributed by atoms with Gasteiger partial charge in [0.1, 0.15) is 0 Å². The van der Waals surface area contributed by atoms with Crippen LogP contribution in [0.2, 0.25) is 0 Å². The lowest BCUT2D eigenvalue weighted by Gasteiger charge is -2.12. The number of hydrogen-bond donors (Lipinski definition) is 4. The van der Waals surface area contributed by atoms with Gasteiger partial charge in [-0.25, -0.2) is 0 Å². The van der Waals surface area contributed by atoms with Crippen LogP contribution in [0.25, 0.3) is 33.6 Å². The van der Waals surface area contributed by atoms with Crippen LogP contribution in [0.4, 0.5) is 0 Å². The van der Waals surface area contributed by atoms with Gasteiger partial charge in [0.25, 0.3) is 0 Å². The number of nitrogens with one attached hydrogen (secondary N) is 2. The van der Waals surface area contributed by atoms with Gasteiger partial charge in [0.15, 0.2) is 0 Å². The van der Waals surface area contributed by atoms with E-state index in [1.807, 2.05) is 164 Å². The summed E-state index contributed by atoms with van der Waals surface area (Å²) in [6, 6.07) is 61.5. The highest BCUT2D eigenvalue weighted by Crippen LogP contribution is 2.32. The monoisotopic (exact) mass is 915 g/mol. The maximum atomic E-state index is 8.27. The fraction of sp³-hybridized carbons (Fsp3) is 0.200. The molecule has 0 bridgehead atoms. The van der Waals surface area contributed by atoms with Crippen molar-refractivity contribution in [1.82, 2.24) is 0 Å². The van der Waals surface area contributed by atoms with Crippen molar-refractivity contribution in [1.29, 1.82) is 10.8 Å². The summed E-state index contributed by atoms with van der Waals surface area (Å²) in [4.78, 5) is 0. The van der Waals surface area contributed by atoms with Crippen LogP contribution in [0.3, 0.4) is 0 Å². The van der Waals surface area contributed by atoms with Crippen LogP contribution >= 0.6 is 0 Å². The third-order valence-electron chi connectivity index (χ3n) is 10.5. The Labute approximate surface area is 416 Å². The smallest absolute Gasteiger partial charge is 0.0632 e. The molecule has 0 aromatic heterocycles. The Morgan fingerprint density at radius 2 is 0.884 bits per heavy atom. The number of benzene rings is 7. The highest BCUT2D eigenvalue weighted by Gasteiger charge is 2.09. The van der Waals surface area contributed by atoms with Gasteiger partial charge in [-0.05, 0) is 127 Å². The zero-order chi connectivity index (χ0) is 51.0. The molecule has 0 radical (unpaired) electrons. The van der Waals surface area contributed by atoms with Crippen molar-refractivity contribution in [2.24, 2.45) is 11.5 Å². The summed E-state index contributed by atoms with van der Waals surface area (Å²) in [7, 11) is 0. The first kappa shape index (κ1) is 57.6. The summed E-state index contributed by atoms with van der Waals surface area (Å²) < 4.78 is 0. The van der Waals surface area contributed by atoms with E-state index < -0.39 is 0 Å². The molecule has 6 N–H and O–H groups in total. The van der Waals surface area contributed by atoms with E-state index in [-0.39, 0.29) is 0 Å². The van der Waals surface area contributed by atoms with Gasteiger partial charge in [0, 0.05) is 11.4 Å². The second-order valence-corrected chi connectivity index (χ2v) is 15.7. The van der Waals surface area contributed by atoms with Crippen LogP contribution in [-0.4, -0.2) is 11.4 Å². The molecule has 4 nitrogen and oxygen atoms in total. The first-order valence-corrected chi connectivity index (χ1v) is 24.4. The van der Waals surface area contributed by atoms with Crippen molar-refractivity contribution in [2.45, 2.75) is 89.0 Å². The van der Waals surface area contributed by atoms with Gasteiger partial charge in [0.05, 0.1) is 11.4 Å². The Kier molecular flexibility index (Phi) is 27.5. The van der Waals surface area contributed by atoms with E-state index in [0.29, 0.717) is 22.8 Å². The summed E-state index contributed by atoms with van der Waals surface area (Å²) in [6.45, 7) is 22.5. The Balaban J connectivity index is 0.000000359. The number of hydrogen-bond acceptors (Lipinski definition) is 4. The molecular weight excluding hydrogens is 837 g/mol. The lowest BCUT2D eigenvalue weighted by Crippen LogP contribution is -2.05. The second kappa shape index (κ2) is 33.0. The predicted molar refractivity (Wildman–Crippen MR) is 306 cm³/mol. The number of rotatable bonds is 8. The summed E-state index contributed by atoms with van der Waals surface area (Å²) in [5, 5.41) is 16.3. The Morgan fingerprint density at radius 3 is 1.39 bits per heavy atom. The average molecular weight is 915 g/mol.